The zero-order valence-electron chi connectivity index (χ0n) is 11.9. The second-order valence-corrected chi connectivity index (χ2v) is 6.39. The van der Waals surface area contributed by atoms with Crippen molar-refractivity contribution in [1.29, 1.82) is 0 Å². The highest BCUT2D eigenvalue weighted by Gasteiger charge is 2.30. The van der Waals surface area contributed by atoms with Crippen LogP contribution in [-0.2, 0) is 16.6 Å². The Morgan fingerprint density at radius 2 is 1.90 bits per heavy atom. The molecule has 0 aliphatic heterocycles. The van der Waals surface area contributed by atoms with Gasteiger partial charge in [0.2, 0.25) is 10.0 Å². The summed E-state index contributed by atoms with van der Waals surface area (Å²) in [7, 11) is -4.18. The second-order valence-electron chi connectivity index (χ2n) is 4.66. The molecule has 0 radical (unpaired) electrons. The first-order valence-electron chi connectivity index (χ1n) is 6.53. The fourth-order valence-corrected chi connectivity index (χ4v) is 3.10. The molecule has 0 atom stereocenters. The Hall–Kier alpha value is -1.12. The summed E-state index contributed by atoms with van der Waals surface area (Å²) >= 11 is 0. The first-order chi connectivity index (χ1) is 9.67. The zero-order valence-corrected chi connectivity index (χ0v) is 12.7. The van der Waals surface area contributed by atoms with Gasteiger partial charge in [-0.15, -0.1) is 0 Å². The van der Waals surface area contributed by atoms with Gasteiger partial charge in [-0.1, -0.05) is 19.1 Å². The summed E-state index contributed by atoms with van der Waals surface area (Å²) in [4.78, 5) is -0.123. The van der Waals surface area contributed by atoms with Crippen molar-refractivity contribution in [3.63, 3.8) is 0 Å². The summed E-state index contributed by atoms with van der Waals surface area (Å²) in [5, 5.41) is 3.13. The Morgan fingerprint density at radius 1 is 1.24 bits per heavy atom. The van der Waals surface area contributed by atoms with Crippen molar-refractivity contribution in [3.8, 4) is 0 Å². The lowest BCUT2D eigenvalue weighted by Crippen LogP contribution is -2.34. The van der Waals surface area contributed by atoms with Gasteiger partial charge >= 0.3 is 6.18 Å². The molecule has 0 saturated heterocycles. The van der Waals surface area contributed by atoms with E-state index in [2.05, 4.69) is 5.32 Å². The quantitative estimate of drug-likeness (QED) is 0.757. The van der Waals surface area contributed by atoms with E-state index in [9.17, 15) is 21.6 Å². The molecule has 1 aromatic rings. The molecule has 0 aromatic heterocycles. The van der Waals surface area contributed by atoms with E-state index in [1.165, 1.54) is 12.1 Å². The van der Waals surface area contributed by atoms with E-state index >= 15 is 0 Å². The van der Waals surface area contributed by atoms with Gasteiger partial charge in [-0.3, -0.25) is 0 Å². The van der Waals surface area contributed by atoms with Gasteiger partial charge < -0.3 is 5.32 Å². The van der Waals surface area contributed by atoms with Crippen molar-refractivity contribution >= 4 is 10.0 Å². The lowest BCUT2D eigenvalue weighted by molar-refractivity contribution is -0.121. The second kappa shape index (κ2) is 7.24. The van der Waals surface area contributed by atoms with Crippen LogP contribution in [0.5, 0.6) is 0 Å². The number of alkyl halides is 3. The van der Waals surface area contributed by atoms with Crippen LogP contribution in [0.3, 0.4) is 0 Å². The molecule has 8 heteroatoms. The Bertz CT molecular complexity index is 571. The Morgan fingerprint density at radius 3 is 2.48 bits per heavy atom. The largest absolute Gasteiger partial charge is 0.402 e. The molecular weight excluding hydrogens is 305 g/mol. The minimum atomic E-state index is -4.58. The van der Waals surface area contributed by atoms with Crippen LogP contribution in [0, 0.1) is 6.92 Å². The maximum Gasteiger partial charge on any atom is 0.402 e. The summed E-state index contributed by atoms with van der Waals surface area (Å²) in [6.45, 7) is 3.27. The van der Waals surface area contributed by atoms with E-state index in [4.69, 9.17) is 0 Å². The Labute approximate surface area is 122 Å². The van der Waals surface area contributed by atoms with Crippen LogP contribution in [0.1, 0.15) is 24.5 Å². The minimum Gasteiger partial charge on any atom is -0.313 e. The van der Waals surface area contributed by atoms with E-state index < -0.39 is 22.7 Å². The van der Waals surface area contributed by atoms with Crippen LogP contribution in [0.25, 0.3) is 0 Å². The molecule has 0 spiro atoms. The van der Waals surface area contributed by atoms with Crippen LogP contribution in [0.4, 0.5) is 13.2 Å². The SMILES string of the molecule is CCCNCc1cccc(S(=O)(=O)NCC(F)(F)F)c1C. The number of hydrogen-bond acceptors (Lipinski definition) is 3. The maximum absolute atomic E-state index is 12.2. The fourth-order valence-electron chi connectivity index (χ4n) is 1.80. The monoisotopic (exact) mass is 324 g/mol. The van der Waals surface area contributed by atoms with Crippen LogP contribution < -0.4 is 10.0 Å². The van der Waals surface area contributed by atoms with E-state index in [1.54, 1.807) is 17.7 Å². The Kier molecular flexibility index (Phi) is 6.18. The van der Waals surface area contributed by atoms with Crippen LogP contribution in [0.2, 0.25) is 0 Å². The molecule has 0 amide bonds. The molecule has 21 heavy (non-hydrogen) atoms. The molecule has 2 N–H and O–H groups in total. The molecule has 0 unspecified atom stereocenters. The summed E-state index contributed by atoms with van der Waals surface area (Å²) < 4.78 is 61.9. The van der Waals surface area contributed by atoms with Gasteiger partial charge in [-0.25, -0.2) is 13.1 Å². The zero-order chi connectivity index (χ0) is 16.1. The van der Waals surface area contributed by atoms with Crippen LogP contribution in [0.15, 0.2) is 23.1 Å². The van der Waals surface area contributed by atoms with Crippen LogP contribution >= 0.6 is 0 Å². The molecule has 0 fully saturated rings. The third-order valence-electron chi connectivity index (χ3n) is 2.89. The van der Waals surface area contributed by atoms with Crippen molar-refractivity contribution in [2.45, 2.75) is 37.9 Å². The average Bonchev–Trinajstić information content (AvgIpc) is 2.38. The lowest BCUT2D eigenvalue weighted by atomic mass is 10.1. The fraction of sp³-hybridized carbons (Fsp3) is 0.538. The van der Waals surface area contributed by atoms with Gasteiger partial charge in [0.25, 0.3) is 0 Å². The average molecular weight is 324 g/mol. The molecule has 4 nitrogen and oxygen atoms in total. The van der Waals surface area contributed by atoms with E-state index in [0.29, 0.717) is 12.1 Å². The molecule has 1 rings (SSSR count). The number of rotatable bonds is 7. The smallest absolute Gasteiger partial charge is 0.313 e. The Balaban J connectivity index is 2.94. The highest BCUT2D eigenvalue weighted by molar-refractivity contribution is 7.89. The topological polar surface area (TPSA) is 58.2 Å². The van der Waals surface area contributed by atoms with Gasteiger partial charge in [0.05, 0.1) is 4.90 Å². The summed E-state index contributed by atoms with van der Waals surface area (Å²) in [5.74, 6) is 0. The van der Waals surface area contributed by atoms with Gasteiger partial charge in [0.15, 0.2) is 0 Å². The summed E-state index contributed by atoms with van der Waals surface area (Å²) in [6, 6.07) is 4.58. The van der Waals surface area contributed by atoms with Crippen LogP contribution in [-0.4, -0.2) is 27.7 Å². The number of nitrogens with one attached hydrogen (secondary N) is 2. The summed E-state index contributed by atoms with van der Waals surface area (Å²) in [5.41, 5.74) is 1.20. The van der Waals surface area contributed by atoms with E-state index in [-0.39, 0.29) is 4.90 Å². The molecule has 0 bridgehead atoms. The standard InChI is InChI=1S/C13H19F3N2O2S/c1-3-7-17-8-11-5-4-6-12(10(11)2)21(19,20)18-9-13(14,15)16/h4-6,17-18H,3,7-9H2,1-2H3. The molecule has 0 saturated carbocycles. The van der Waals surface area contributed by atoms with Crippen molar-refractivity contribution < 1.29 is 21.6 Å². The first kappa shape index (κ1) is 17.9. The van der Waals surface area contributed by atoms with Crippen molar-refractivity contribution in [1.82, 2.24) is 10.0 Å². The third-order valence-corrected chi connectivity index (χ3v) is 4.44. The van der Waals surface area contributed by atoms with Gasteiger partial charge in [0.1, 0.15) is 6.54 Å². The van der Waals surface area contributed by atoms with Gasteiger partial charge in [-0.2, -0.15) is 13.2 Å². The molecule has 0 aliphatic rings. The molecule has 120 valence electrons. The molecule has 0 heterocycles. The van der Waals surface area contributed by atoms with Crippen molar-refractivity contribution in [2.75, 3.05) is 13.1 Å². The number of hydrogen-bond donors (Lipinski definition) is 2. The van der Waals surface area contributed by atoms with Gasteiger partial charge in [0, 0.05) is 6.54 Å². The van der Waals surface area contributed by atoms with E-state index in [0.717, 1.165) is 18.5 Å². The first-order valence-corrected chi connectivity index (χ1v) is 8.01. The number of halogens is 3. The predicted octanol–water partition coefficient (Wildman–Crippen LogP) is 2.34. The highest BCUT2D eigenvalue weighted by atomic mass is 32.2. The normalized spacial score (nSPS) is 12.6. The van der Waals surface area contributed by atoms with Crippen molar-refractivity contribution in [2.24, 2.45) is 0 Å². The van der Waals surface area contributed by atoms with Crippen molar-refractivity contribution in [3.05, 3.63) is 29.3 Å². The molecule has 1 aromatic carbocycles. The van der Waals surface area contributed by atoms with E-state index in [1.807, 2.05) is 6.92 Å². The minimum absolute atomic E-state index is 0.123. The molecular formula is C13H19F3N2O2S. The highest BCUT2D eigenvalue weighted by Crippen LogP contribution is 2.20. The number of sulfonamides is 1. The maximum atomic E-state index is 12.2. The lowest BCUT2D eigenvalue weighted by Gasteiger charge is -2.14. The third kappa shape index (κ3) is 5.64. The van der Waals surface area contributed by atoms with Gasteiger partial charge in [-0.05, 0) is 37.1 Å². The summed E-state index contributed by atoms with van der Waals surface area (Å²) in [6.07, 6.45) is -3.65. The number of benzene rings is 1. The predicted molar refractivity (Wildman–Crippen MR) is 74.4 cm³/mol. The molecule has 0 aliphatic carbocycles.